The van der Waals surface area contributed by atoms with Crippen LogP contribution in [-0.4, -0.2) is 41.7 Å². The first-order valence-electron chi connectivity index (χ1n) is 5.15. The molecule has 0 saturated carbocycles. The van der Waals surface area contributed by atoms with E-state index in [1.165, 1.54) is 0 Å². The van der Waals surface area contributed by atoms with Crippen molar-refractivity contribution in [3.8, 4) is 0 Å². The maximum absolute atomic E-state index is 10.5. The first kappa shape index (κ1) is 12.7. The van der Waals surface area contributed by atoms with Crippen LogP contribution in [0.1, 0.15) is 17.2 Å². The van der Waals surface area contributed by atoms with Gasteiger partial charge >= 0.3 is 5.97 Å². The second-order valence-corrected chi connectivity index (χ2v) is 4.04. The van der Waals surface area contributed by atoms with Crippen LogP contribution in [-0.2, 0) is 11.2 Å². The van der Waals surface area contributed by atoms with Crippen molar-refractivity contribution in [1.29, 1.82) is 0 Å². The number of benzene rings is 1. The molecule has 0 aliphatic rings. The number of aliphatic hydroxyl groups excluding tert-OH is 1. The largest absolute Gasteiger partial charge is 0.479 e. The molecule has 0 amide bonds. The van der Waals surface area contributed by atoms with Crippen molar-refractivity contribution in [3.63, 3.8) is 0 Å². The molecule has 1 aromatic carbocycles. The van der Waals surface area contributed by atoms with E-state index < -0.39 is 12.1 Å². The van der Waals surface area contributed by atoms with Crippen molar-refractivity contribution < 1.29 is 15.0 Å². The van der Waals surface area contributed by atoms with Crippen molar-refractivity contribution in [2.75, 3.05) is 20.6 Å². The molecule has 4 heteroatoms. The van der Waals surface area contributed by atoms with Crippen LogP contribution in [0.5, 0.6) is 0 Å². The van der Waals surface area contributed by atoms with E-state index in [-0.39, 0.29) is 0 Å². The zero-order valence-electron chi connectivity index (χ0n) is 9.55. The molecule has 1 atom stereocenters. The minimum absolute atomic E-state index is 0.418. The fourth-order valence-corrected chi connectivity index (χ4v) is 1.36. The van der Waals surface area contributed by atoms with Crippen molar-refractivity contribution in [1.82, 2.24) is 4.90 Å². The number of hydrogen-bond acceptors (Lipinski definition) is 3. The van der Waals surface area contributed by atoms with E-state index >= 15 is 0 Å². The van der Waals surface area contributed by atoms with E-state index in [2.05, 4.69) is 4.90 Å². The van der Waals surface area contributed by atoms with Crippen LogP contribution in [0, 0.1) is 0 Å². The van der Waals surface area contributed by atoms with Gasteiger partial charge in [0.1, 0.15) is 0 Å². The maximum Gasteiger partial charge on any atom is 0.337 e. The average Bonchev–Trinajstić information content (AvgIpc) is 2.26. The Bertz CT molecular complexity index is 346. The molecule has 0 heterocycles. The molecular formula is C12H17NO3. The number of likely N-dealkylation sites (N-methyl/N-ethyl adjacent to an activating group) is 1. The maximum atomic E-state index is 10.5. The second kappa shape index (κ2) is 5.63. The highest BCUT2D eigenvalue weighted by Crippen LogP contribution is 2.14. The minimum atomic E-state index is -1.43. The molecule has 16 heavy (non-hydrogen) atoms. The molecule has 0 radical (unpaired) electrons. The van der Waals surface area contributed by atoms with Gasteiger partial charge in [-0.25, -0.2) is 4.79 Å². The predicted molar refractivity (Wildman–Crippen MR) is 61.3 cm³/mol. The Hall–Kier alpha value is -1.39. The fraction of sp³-hybridized carbons (Fsp3) is 0.417. The van der Waals surface area contributed by atoms with Gasteiger partial charge in [-0.05, 0) is 31.6 Å². The summed E-state index contributed by atoms with van der Waals surface area (Å²) < 4.78 is 0. The molecule has 0 aliphatic carbocycles. The fourth-order valence-electron chi connectivity index (χ4n) is 1.36. The molecular weight excluding hydrogens is 206 g/mol. The van der Waals surface area contributed by atoms with Gasteiger partial charge in [-0.1, -0.05) is 24.3 Å². The van der Waals surface area contributed by atoms with E-state index in [1.807, 2.05) is 26.2 Å². The zero-order valence-corrected chi connectivity index (χ0v) is 9.55. The molecule has 0 fully saturated rings. The average molecular weight is 223 g/mol. The third-order valence-corrected chi connectivity index (χ3v) is 2.38. The van der Waals surface area contributed by atoms with Gasteiger partial charge in [0.05, 0.1) is 0 Å². The summed E-state index contributed by atoms with van der Waals surface area (Å²) in [4.78, 5) is 12.6. The lowest BCUT2D eigenvalue weighted by atomic mass is 10.1. The first-order valence-corrected chi connectivity index (χ1v) is 5.15. The van der Waals surface area contributed by atoms with Crippen molar-refractivity contribution in [3.05, 3.63) is 35.4 Å². The van der Waals surface area contributed by atoms with Gasteiger partial charge in [0.25, 0.3) is 0 Å². The smallest absolute Gasteiger partial charge is 0.337 e. The van der Waals surface area contributed by atoms with Crippen LogP contribution in [0.25, 0.3) is 0 Å². The predicted octanol–water partition coefficient (Wildman–Crippen LogP) is 0.909. The van der Waals surface area contributed by atoms with Crippen LogP contribution >= 0.6 is 0 Å². The number of aliphatic hydroxyl groups is 1. The number of rotatable bonds is 5. The highest BCUT2D eigenvalue weighted by Gasteiger charge is 2.14. The summed E-state index contributed by atoms with van der Waals surface area (Å²) in [5.74, 6) is -1.22. The zero-order chi connectivity index (χ0) is 12.1. The standard InChI is InChI=1S/C12H17NO3/c1-13(2)8-7-9-3-5-10(6-4-9)11(14)12(15)16/h3-6,11,14H,7-8H2,1-2H3,(H,15,16). The van der Waals surface area contributed by atoms with Crippen molar-refractivity contribution in [2.45, 2.75) is 12.5 Å². The molecule has 0 aromatic heterocycles. The topological polar surface area (TPSA) is 60.8 Å². The molecule has 1 rings (SSSR count). The van der Waals surface area contributed by atoms with E-state index in [4.69, 9.17) is 5.11 Å². The van der Waals surface area contributed by atoms with E-state index in [0.717, 1.165) is 18.5 Å². The second-order valence-electron chi connectivity index (χ2n) is 4.04. The lowest BCUT2D eigenvalue weighted by Crippen LogP contribution is -2.15. The number of nitrogens with zero attached hydrogens (tertiary/aromatic N) is 1. The van der Waals surface area contributed by atoms with Gasteiger partial charge in [0.15, 0.2) is 6.10 Å². The normalized spacial score (nSPS) is 12.8. The molecule has 4 nitrogen and oxygen atoms in total. The van der Waals surface area contributed by atoms with Crippen LogP contribution in [0.2, 0.25) is 0 Å². The van der Waals surface area contributed by atoms with Gasteiger partial charge in [-0.15, -0.1) is 0 Å². The third-order valence-electron chi connectivity index (χ3n) is 2.38. The quantitative estimate of drug-likeness (QED) is 0.779. The summed E-state index contributed by atoms with van der Waals surface area (Å²) in [6.07, 6.45) is -0.515. The van der Waals surface area contributed by atoms with E-state index in [0.29, 0.717) is 5.56 Å². The van der Waals surface area contributed by atoms with Gasteiger partial charge in [-0.3, -0.25) is 0 Å². The van der Waals surface area contributed by atoms with Crippen LogP contribution in [0.3, 0.4) is 0 Å². The van der Waals surface area contributed by atoms with Gasteiger partial charge < -0.3 is 15.1 Å². The molecule has 2 N–H and O–H groups in total. The lowest BCUT2D eigenvalue weighted by Gasteiger charge is -2.10. The summed E-state index contributed by atoms with van der Waals surface area (Å²) in [6.45, 7) is 0.945. The Morgan fingerprint density at radius 1 is 1.31 bits per heavy atom. The Balaban J connectivity index is 2.64. The Labute approximate surface area is 95.1 Å². The SMILES string of the molecule is CN(C)CCc1ccc(C(O)C(=O)O)cc1. The number of carbonyl (C=O) groups is 1. The van der Waals surface area contributed by atoms with Gasteiger partial charge in [-0.2, -0.15) is 0 Å². The molecule has 0 aliphatic heterocycles. The summed E-state index contributed by atoms with van der Waals surface area (Å²) in [5.41, 5.74) is 1.55. The van der Waals surface area contributed by atoms with Crippen LogP contribution < -0.4 is 0 Å². The van der Waals surface area contributed by atoms with Gasteiger partial charge in [0.2, 0.25) is 0 Å². The Morgan fingerprint density at radius 3 is 2.31 bits per heavy atom. The molecule has 0 saturated heterocycles. The van der Waals surface area contributed by atoms with Crippen molar-refractivity contribution in [2.24, 2.45) is 0 Å². The number of aliphatic carboxylic acids is 1. The highest BCUT2D eigenvalue weighted by molar-refractivity contribution is 5.73. The number of carboxylic acid groups (broad SMARTS) is 1. The summed E-state index contributed by atoms with van der Waals surface area (Å²) in [6, 6.07) is 7.02. The molecule has 1 unspecified atom stereocenters. The number of hydrogen-bond donors (Lipinski definition) is 2. The van der Waals surface area contributed by atoms with Crippen molar-refractivity contribution >= 4 is 5.97 Å². The van der Waals surface area contributed by atoms with E-state index in [9.17, 15) is 9.90 Å². The van der Waals surface area contributed by atoms with E-state index in [1.54, 1.807) is 12.1 Å². The summed E-state index contributed by atoms with van der Waals surface area (Å²) in [5, 5.41) is 17.9. The third kappa shape index (κ3) is 3.64. The Kier molecular flexibility index (Phi) is 4.46. The summed E-state index contributed by atoms with van der Waals surface area (Å²) in [7, 11) is 4.01. The highest BCUT2D eigenvalue weighted by atomic mass is 16.4. The minimum Gasteiger partial charge on any atom is -0.479 e. The summed E-state index contributed by atoms with van der Waals surface area (Å²) >= 11 is 0. The number of carboxylic acids is 1. The monoisotopic (exact) mass is 223 g/mol. The molecule has 1 aromatic rings. The lowest BCUT2D eigenvalue weighted by molar-refractivity contribution is -0.146. The Morgan fingerprint density at radius 2 is 1.88 bits per heavy atom. The molecule has 0 bridgehead atoms. The van der Waals surface area contributed by atoms with Crippen LogP contribution in [0.4, 0.5) is 0 Å². The molecule has 88 valence electrons. The van der Waals surface area contributed by atoms with Crippen LogP contribution in [0.15, 0.2) is 24.3 Å². The molecule has 0 spiro atoms. The van der Waals surface area contributed by atoms with Gasteiger partial charge in [0, 0.05) is 6.54 Å². The first-order chi connectivity index (χ1) is 7.50.